The molecule has 1 aromatic carbocycles. The highest BCUT2D eigenvalue weighted by Crippen LogP contribution is 2.52. The van der Waals surface area contributed by atoms with Gasteiger partial charge in [-0.05, 0) is 36.9 Å². The molecule has 0 spiro atoms. The number of hydrogen-bond acceptors (Lipinski definition) is 5. The Bertz CT molecular complexity index is 449. The second-order valence-electron chi connectivity index (χ2n) is 5.07. The van der Waals surface area contributed by atoms with Gasteiger partial charge in [0.25, 0.3) is 0 Å². The number of nitrogens with zero attached hydrogens (tertiary/aromatic N) is 1. The van der Waals surface area contributed by atoms with Gasteiger partial charge < -0.3 is 9.64 Å². The molecule has 104 valence electrons. The van der Waals surface area contributed by atoms with Crippen LogP contribution >= 0.6 is 23.7 Å². The van der Waals surface area contributed by atoms with Gasteiger partial charge in [-0.25, -0.2) is 0 Å². The number of nitrogens with two attached hydrogens (primary N) is 1. The third-order valence-electron chi connectivity index (χ3n) is 3.98. The molecule has 1 heterocycles. The summed E-state index contributed by atoms with van der Waals surface area (Å²) in [7, 11) is 1.75. The third-order valence-corrected chi connectivity index (χ3v) is 6.07. The summed E-state index contributed by atoms with van der Waals surface area (Å²) < 4.78 is 5.85. The van der Waals surface area contributed by atoms with Crippen LogP contribution in [-0.4, -0.2) is 17.9 Å². The zero-order valence-corrected chi connectivity index (χ0v) is 12.8. The average molecular weight is 296 g/mol. The predicted molar refractivity (Wildman–Crippen MR) is 83.8 cm³/mol. The van der Waals surface area contributed by atoms with Crippen LogP contribution in [0.3, 0.4) is 0 Å². The first kappa shape index (κ1) is 13.5. The molecular weight excluding hydrogens is 276 g/mol. The molecule has 1 aliphatic heterocycles. The van der Waals surface area contributed by atoms with Gasteiger partial charge in [-0.1, -0.05) is 37.1 Å². The molecule has 1 saturated carbocycles. The van der Waals surface area contributed by atoms with E-state index in [9.17, 15) is 0 Å². The largest absolute Gasteiger partial charge is 0.495 e. The number of methoxy groups -OCH3 is 1. The number of rotatable bonds is 3. The molecule has 1 aromatic rings. The van der Waals surface area contributed by atoms with Crippen LogP contribution in [0.15, 0.2) is 23.1 Å². The highest BCUT2D eigenvalue weighted by molar-refractivity contribution is 8.16. The Kier molecular flexibility index (Phi) is 4.15. The molecule has 0 saturated heterocycles. The zero-order chi connectivity index (χ0) is 13.2. The summed E-state index contributed by atoms with van der Waals surface area (Å²) in [5.41, 5.74) is 1.25. The molecule has 5 heteroatoms. The van der Waals surface area contributed by atoms with Crippen LogP contribution in [-0.2, 0) is 0 Å². The highest BCUT2D eigenvalue weighted by atomic mass is 32.2. The molecule has 1 unspecified atom stereocenters. The lowest BCUT2D eigenvalue weighted by atomic mass is 9.94. The Morgan fingerprint density at radius 2 is 2.11 bits per heavy atom. The van der Waals surface area contributed by atoms with Crippen LogP contribution in [0, 0.1) is 0 Å². The van der Waals surface area contributed by atoms with Crippen molar-refractivity contribution in [2.24, 2.45) is 5.14 Å². The minimum absolute atomic E-state index is 0.286. The maximum Gasteiger partial charge on any atom is 0.143 e. The Morgan fingerprint density at radius 3 is 2.79 bits per heavy atom. The number of anilines is 1. The summed E-state index contributed by atoms with van der Waals surface area (Å²) in [6.45, 7) is 0. The van der Waals surface area contributed by atoms with E-state index in [-0.39, 0.29) is 4.71 Å². The fourth-order valence-corrected chi connectivity index (χ4v) is 5.12. The van der Waals surface area contributed by atoms with Crippen LogP contribution in [0.2, 0.25) is 0 Å². The maximum absolute atomic E-state index is 5.92. The number of ether oxygens (including phenoxy) is 1. The molecule has 0 radical (unpaired) electrons. The standard InChI is InChI=1S/C14H20N2OS2/c1-17-11-8-5-9-12-13(11)16(14(18-12)19-15)10-6-3-2-4-7-10/h5,8-10,14H,2-4,6-7,15H2,1H3. The second-order valence-corrected chi connectivity index (χ2v) is 7.21. The molecule has 2 aliphatic rings. The highest BCUT2D eigenvalue weighted by Gasteiger charge is 2.37. The van der Waals surface area contributed by atoms with E-state index >= 15 is 0 Å². The summed E-state index contributed by atoms with van der Waals surface area (Å²) in [4.78, 5) is 3.80. The van der Waals surface area contributed by atoms with Gasteiger partial charge in [0, 0.05) is 10.9 Å². The fraction of sp³-hybridized carbons (Fsp3) is 0.571. The van der Waals surface area contributed by atoms with Crippen molar-refractivity contribution < 1.29 is 4.74 Å². The van der Waals surface area contributed by atoms with E-state index in [4.69, 9.17) is 9.88 Å². The van der Waals surface area contributed by atoms with Gasteiger partial charge in [-0.3, -0.25) is 5.14 Å². The van der Waals surface area contributed by atoms with Crippen molar-refractivity contribution >= 4 is 29.4 Å². The monoisotopic (exact) mass is 296 g/mol. The number of para-hydroxylation sites is 1. The summed E-state index contributed by atoms with van der Waals surface area (Å²) in [5.74, 6) is 0.979. The Morgan fingerprint density at radius 1 is 1.32 bits per heavy atom. The van der Waals surface area contributed by atoms with Crippen LogP contribution in [0.4, 0.5) is 5.69 Å². The van der Waals surface area contributed by atoms with Gasteiger partial charge in [0.15, 0.2) is 0 Å². The average Bonchev–Trinajstić information content (AvgIpc) is 2.86. The first-order chi connectivity index (χ1) is 9.35. The second kappa shape index (κ2) is 5.85. The minimum atomic E-state index is 0.286. The SMILES string of the molecule is COc1cccc2c1N(C1CCCCC1)C(SN)S2. The molecule has 0 amide bonds. The molecule has 0 aromatic heterocycles. The Labute approximate surface area is 123 Å². The van der Waals surface area contributed by atoms with E-state index in [2.05, 4.69) is 23.1 Å². The van der Waals surface area contributed by atoms with Crippen LogP contribution in [0.25, 0.3) is 0 Å². The molecule has 1 atom stereocenters. The van der Waals surface area contributed by atoms with E-state index in [1.807, 2.05) is 11.8 Å². The third kappa shape index (κ3) is 2.43. The molecule has 1 fully saturated rings. The molecular formula is C14H20N2OS2. The molecule has 0 bridgehead atoms. The molecule has 2 N–H and O–H groups in total. The molecule has 3 rings (SSSR count). The maximum atomic E-state index is 5.92. The molecule has 19 heavy (non-hydrogen) atoms. The van der Waals surface area contributed by atoms with Crippen LogP contribution < -0.4 is 14.8 Å². The van der Waals surface area contributed by atoms with Crippen molar-refractivity contribution in [1.82, 2.24) is 0 Å². The van der Waals surface area contributed by atoms with Gasteiger partial charge in [-0.15, -0.1) is 0 Å². The van der Waals surface area contributed by atoms with Gasteiger partial charge in [-0.2, -0.15) is 0 Å². The smallest absolute Gasteiger partial charge is 0.143 e. The van der Waals surface area contributed by atoms with Crippen molar-refractivity contribution in [3.05, 3.63) is 18.2 Å². The van der Waals surface area contributed by atoms with Crippen molar-refractivity contribution in [3.63, 3.8) is 0 Å². The molecule has 1 aliphatic carbocycles. The number of fused-ring (bicyclic) bond motifs is 1. The number of hydrogen-bond donors (Lipinski definition) is 1. The fourth-order valence-electron chi connectivity index (χ4n) is 3.09. The number of thioether (sulfide) groups is 1. The summed E-state index contributed by atoms with van der Waals surface area (Å²) in [6, 6.07) is 6.90. The normalized spacial score (nSPS) is 23.5. The van der Waals surface area contributed by atoms with Crippen molar-refractivity contribution in [2.45, 2.75) is 47.7 Å². The van der Waals surface area contributed by atoms with Gasteiger partial charge >= 0.3 is 0 Å². The van der Waals surface area contributed by atoms with Crippen LogP contribution in [0.5, 0.6) is 5.75 Å². The number of benzene rings is 1. The quantitative estimate of drug-likeness (QED) is 0.858. The van der Waals surface area contributed by atoms with Gasteiger partial charge in [0.05, 0.1) is 12.8 Å². The van der Waals surface area contributed by atoms with Crippen LogP contribution in [0.1, 0.15) is 32.1 Å². The first-order valence-electron chi connectivity index (χ1n) is 6.82. The summed E-state index contributed by atoms with van der Waals surface area (Å²) in [5, 5.41) is 5.92. The predicted octanol–water partition coefficient (Wildman–Crippen LogP) is 3.83. The zero-order valence-electron chi connectivity index (χ0n) is 11.2. The van der Waals surface area contributed by atoms with E-state index < -0.39 is 0 Å². The van der Waals surface area contributed by atoms with Gasteiger partial charge in [0.1, 0.15) is 10.5 Å². The van der Waals surface area contributed by atoms with E-state index in [0.717, 1.165) is 5.75 Å². The Hall–Kier alpha value is -0.520. The van der Waals surface area contributed by atoms with E-state index in [0.29, 0.717) is 6.04 Å². The van der Waals surface area contributed by atoms with Crippen molar-refractivity contribution in [1.29, 1.82) is 0 Å². The molecule has 3 nitrogen and oxygen atoms in total. The lowest BCUT2D eigenvalue weighted by Gasteiger charge is -2.36. The minimum Gasteiger partial charge on any atom is -0.495 e. The van der Waals surface area contributed by atoms with Gasteiger partial charge in [0.2, 0.25) is 0 Å². The summed E-state index contributed by atoms with van der Waals surface area (Å²) >= 11 is 3.29. The summed E-state index contributed by atoms with van der Waals surface area (Å²) in [6.07, 6.45) is 6.58. The first-order valence-corrected chi connectivity index (χ1v) is 8.65. The lowest BCUT2D eigenvalue weighted by molar-refractivity contribution is 0.398. The van der Waals surface area contributed by atoms with E-state index in [1.54, 1.807) is 7.11 Å². The van der Waals surface area contributed by atoms with E-state index in [1.165, 1.54) is 54.6 Å². The topological polar surface area (TPSA) is 38.5 Å². The lowest BCUT2D eigenvalue weighted by Crippen LogP contribution is -2.40. The van der Waals surface area contributed by atoms with Crippen molar-refractivity contribution in [3.8, 4) is 5.75 Å². The van der Waals surface area contributed by atoms with Crippen molar-refractivity contribution in [2.75, 3.05) is 12.0 Å². The Balaban J connectivity index is 1.97.